The largest absolute Gasteiger partial charge is 0.465 e. The number of hydrogen-bond donors (Lipinski definition) is 3. The molecule has 1 aliphatic heterocycles. The van der Waals surface area contributed by atoms with E-state index in [2.05, 4.69) is 5.32 Å². The molecule has 0 aliphatic carbocycles. The predicted octanol–water partition coefficient (Wildman–Crippen LogP) is 1.42. The fourth-order valence-corrected chi connectivity index (χ4v) is 2.15. The van der Waals surface area contributed by atoms with Gasteiger partial charge in [-0.2, -0.15) is 0 Å². The van der Waals surface area contributed by atoms with Gasteiger partial charge in [-0.15, -0.1) is 0 Å². The summed E-state index contributed by atoms with van der Waals surface area (Å²) in [5, 5.41) is 20.3. The van der Waals surface area contributed by atoms with Gasteiger partial charge in [0.1, 0.15) is 17.7 Å². The maximum absolute atomic E-state index is 13.7. The van der Waals surface area contributed by atoms with Crippen molar-refractivity contribution in [3.05, 3.63) is 35.4 Å². The van der Waals surface area contributed by atoms with E-state index in [0.29, 0.717) is 0 Å². The molecule has 1 fully saturated rings. The van der Waals surface area contributed by atoms with Crippen molar-refractivity contribution in [2.45, 2.75) is 24.7 Å². The summed E-state index contributed by atoms with van der Waals surface area (Å²) in [6.07, 6.45) is -3.04. The van der Waals surface area contributed by atoms with Crippen molar-refractivity contribution >= 4 is 6.09 Å². The van der Waals surface area contributed by atoms with E-state index in [1.807, 2.05) is 0 Å². The quantitative estimate of drug-likeness (QED) is 0.761. The van der Waals surface area contributed by atoms with Crippen LogP contribution in [0, 0.1) is 11.6 Å². The zero-order valence-corrected chi connectivity index (χ0v) is 9.85. The number of hydrogen-bond acceptors (Lipinski definition) is 3. The second-order valence-electron chi connectivity index (χ2n) is 4.37. The van der Waals surface area contributed by atoms with Gasteiger partial charge in [0.25, 0.3) is 0 Å². The third-order valence-corrected chi connectivity index (χ3v) is 2.93. The molecule has 2 rings (SSSR count). The van der Waals surface area contributed by atoms with E-state index in [9.17, 15) is 18.7 Å². The summed E-state index contributed by atoms with van der Waals surface area (Å²) in [6, 6.07) is 2.05. The van der Waals surface area contributed by atoms with Crippen molar-refractivity contribution in [3.63, 3.8) is 0 Å². The SMILES string of the molecule is O=C(O)N[C@@H]1CC(O)CO[C@H]1c1cc(F)ccc1F. The van der Waals surface area contributed by atoms with Crippen molar-refractivity contribution in [1.29, 1.82) is 0 Å². The van der Waals surface area contributed by atoms with Gasteiger partial charge < -0.3 is 20.3 Å². The molecule has 5 nitrogen and oxygen atoms in total. The Morgan fingerprint density at radius 1 is 1.42 bits per heavy atom. The van der Waals surface area contributed by atoms with Crippen LogP contribution in [0.15, 0.2) is 18.2 Å². The van der Waals surface area contributed by atoms with Gasteiger partial charge in [-0.3, -0.25) is 0 Å². The van der Waals surface area contributed by atoms with Gasteiger partial charge in [0.05, 0.1) is 18.8 Å². The summed E-state index contributed by atoms with van der Waals surface area (Å²) >= 11 is 0. The van der Waals surface area contributed by atoms with E-state index in [1.54, 1.807) is 0 Å². The van der Waals surface area contributed by atoms with E-state index in [-0.39, 0.29) is 18.6 Å². The lowest BCUT2D eigenvalue weighted by molar-refractivity contribution is -0.0759. The molecule has 1 amide bonds. The first-order chi connectivity index (χ1) is 8.97. The molecule has 0 spiro atoms. The number of benzene rings is 1. The van der Waals surface area contributed by atoms with Gasteiger partial charge in [0.15, 0.2) is 0 Å². The van der Waals surface area contributed by atoms with Crippen LogP contribution < -0.4 is 5.32 Å². The minimum Gasteiger partial charge on any atom is -0.465 e. The zero-order chi connectivity index (χ0) is 14.0. The molecule has 7 heteroatoms. The van der Waals surface area contributed by atoms with Gasteiger partial charge in [0.2, 0.25) is 0 Å². The van der Waals surface area contributed by atoms with Gasteiger partial charge >= 0.3 is 6.09 Å². The van der Waals surface area contributed by atoms with Gasteiger partial charge in [0, 0.05) is 5.56 Å². The van der Waals surface area contributed by atoms with Gasteiger partial charge in [-0.05, 0) is 24.6 Å². The summed E-state index contributed by atoms with van der Waals surface area (Å²) in [5.74, 6) is -1.32. The van der Waals surface area contributed by atoms with Crippen LogP contribution in [0.4, 0.5) is 13.6 Å². The first-order valence-electron chi connectivity index (χ1n) is 5.71. The smallest absolute Gasteiger partial charge is 0.404 e. The van der Waals surface area contributed by atoms with E-state index < -0.39 is 36.0 Å². The molecule has 3 atom stereocenters. The molecule has 104 valence electrons. The number of amides is 1. The molecule has 1 heterocycles. The fourth-order valence-electron chi connectivity index (χ4n) is 2.15. The van der Waals surface area contributed by atoms with Gasteiger partial charge in [-0.1, -0.05) is 0 Å². The third-order valence-electron chi connectivity index (χ3n) is 2.93. The Morgan fingerprint density at radius 2 is 2.16 bits per heavy atom. The average molecular weight is 273 g/mol. The summed E-state index contributed by atoms with van der Waals surface area (Å²) in [6.45, 7) is -0.0571. The van der Waals surface area contributed by atoms with Crippen molar-refractivity contribution in [2.24, 2.45) is 0 Å². The first-order valence-corrected chi connectivity index (χ1v) is 5.71. The van der Waals surface area contributed by atoms with Crippen LogP contribution in [0.1, 0.15) is 18.1 Å². The number of carbonyl (C=O) groups is 1. The van der Waals surface area contributed by atoms with Crippen molar-refractivity contribution < 1.29 is 28.5 Å². The van der Waals surface area contributed by atoms with Crippen LogP contribution in [0.2, 0.25) is 0 Å². The number of rotatable bonds is 2. The van der Waals surface area contributed by atoms with E-state index in [4.69, 9.17) is 9.84 Å². The van der Waals surface area contributed by atoms with Crippen LogP contribution in [-0.4, -0.2) is 35.1 Å². The van der Waals surface area contributed by atoms with E-state index >= 15 is 0 Å². The third kappa shape index (κ3) is 3.18. The lowest BCUT2D eigenvalue weighted by Gasteiger charge is -2.34. The monoisotopic (exact) mass is 273 g/mol. The van der Waals surface area contributed by atoms with E-state index in [1.165, 1.54) is 0 Å². The summed E-state index contributed by atoms with van der Waals surface area (Å²) < 4.78 is 32.1. The molecule has 1 aromatic rings. The van der Waals surface area contributed by atoms with Crippen LogP contribution in [0.3, 0.4) is 0 Å². The Bertz CT molecular complexity index is 483. The molecule has 3 N–H and O–H groups in total. The lowest BCUT2D eigenvalue weighted by Crippen LogP contribution is -2.46. The molecule has 0 saturated carbocycles. The molecule has 1 aromatic carbocycles. The standard InChI is InChI=1S/C12H13F2NO4/c13-6-1-2-9(14)8(3-6)11-10(15-12(17)18)4-7(16)5-19-11/h1-3,7,10-11,15-16H,4-5H2,(H,17,18)/t7?,10-,11+/m1/s1. The zero-order valence-electron chi connectivity index (χ0n) is 9.85. The molecular formula is C12H13F2NO4. The molecule has 1 unspecified atom stereocenters. The molecule has 0 aromatic heterocycles. The van der Waals surface area contributed by atoms with Crippen LogP contribution >= 0.6 is 0 Å². The topological polar surface area (TPSA) is 78.8 Å². The maximum Gasteiger partial charge on any atom is 0.404 e. The summed E-state index contributed by atoms with van der Waals surface area (Å²) in [4.78, 5) is 10.7. The van der Waals surface area contributed by atoms with Crippen molar-refractivity contribution in [3.8, 4) is 0 Å². The molecule has 0 radical (unpaired) electrons. The Balaban J connectivity index is 2.28. The Kier molecular flexibility index (Phi) is 3.96. The number of halogens is 2. The Labute approximate surface area is 107 Å². The maximum atomic E-state index is 13.7. The van der Waals surface area contributed by atoms with Crippen molar-refractivity contribution in [2.75, 3.05) is 6.61 Å². The van der Waals surface area contributed by atoms with Crippen LogP contribution in [0.5, 0.6) is 0 Å². The predicted molar refractivity (Wildman–Crippen MR) is 60.6 cm³/mol. The lowest BCUT2D eigenvalue weighted by atomic mass is 9.94. The molecule has 0 bridgehead atoms. The Hall–Kier alpha value is -1.73. The number of aliphatic hydroxyl groups excluding tert-OH is 1. The first kappa shape index (κ1) is 13.7. The average Bonchev–Trinajstić information content (AvgIpc) is 2.32. The van der Waals surface area contributed by atoms with Crippen LogP contribution in [0.25, 0.3) is 0 Å². The Morgan fingerprint density at radius 3 is 2.84 bits per heavy atom. The van der Waals surface area contributed by atoms with Gasteiger partial charge in [-0.25, -0.2) is 13.6 Å². The normalized spacial score (nSPS) is 27.0. The molecule has 19 heavy (non-hydrogen) atoms. The number of nitrogens with one attached hydrogen (secondary N) is 1. The molecule has 1 aliphatic rings. The van der Waals surface area contributed by atoms with Crippen molar-refractivity contribution in [1.82, 2.24) is 5.32 Å². The minimum atomic E-state index is -1.32. The number of ether oxygens (including phenoxy) is 1. The summed E-state index contributed by atoms with van der Waals surface area (Å²) in [5.41, 5.74) is -0.0642. The summed E-state index contributed by atoms with van der Waals surface area (Å²) in [7, 11) is 0. The minimum absolute atomic E-state index is 0.0571. The second kappa shape index (κ2) is 5.50. The second-order valence-corrected chi connectivity index (χ2v) is 4.37. The number of carboxylic acid groups (broad SMARTS) is 1. The van der Waals surface area contributed by atoms with Crippen LogP contribution in [-0.2, 0) is 4.74 Å². The highest BCUT2D eigenvalue weighted by Gasteiger charge is 2.34. The number of aliphatic hydroxyl groups is 1. The highest BCUT2D eigenvalue weighted by Crippen LogP contribution is 2.30. The van der Waals surface area contributed by atoms with E-state index in [0.717, 1.165) is 18.2 Å². The molecular weight excluding hydrogens is 260 g/mol. The fraction of sp³-hybridized carbons (Fsp3) is 0.417. The molecule has 1 saturated heterocycles. The highest BCUT2D eigenvalue weighted by molar-refractivity contribution is 5.65. The highest BCUT2D eigenvalue weighted by atomic mass is 19.1.